The van der Waals surface area contributed by atoms with Crippen LogP contribution in [0.2, 0.25) is 5.02 Å². The van der Waals surface area contributed by atoms with E-state index in [1.807, 2.05) is 43.1 Å². The number of hydrogen-bond donors (Lipinski definition) is 1. The molecule has 2 rings (SSSR count). The molecule has 0 bridgehead atoms. The first-order chi connectivity index (χ1) is 8.15. The Balaban J connectivity index is 2.19. The molecule has 0 aromatic heterocycles. The maximum atomic E-state index is 12.1. The van der Waals surface area contributed by atoms with Gasteiger partial charge >= 0.3 is 0 Å². The average molecular weight is 253 g/mol. The van der Waals surface area contributed by atoms with Gasteiger partial charge in [-0.25, -0.2) is 0 Å². The fourth-order valence-electron chi connectivity index (χ4n) is 2.34. The predicted molar refractivity (Wildman–Crippen MR) is 69.0 cm³/mol. The highest BCUT2D eigenvalue weighted by atomic mass is 35.5. The summed E-state index contributed by atoms with van der Waals surface area (Å²) in [6.07, 6.45) is 0.865. The molecule has 3 nitrogen and oxygen atoms in total. The fraction of sp³-hybridized carbons (Fsp3) is 0.462. The van der Waals surface area contributed by atoms with Gasteiger partial charge in [-0.3, -0.25) is 4.79 Å². The molecule has 2 atom stereocenters. The summed E-state index contributed by atoms with van der Waals surface area (Å²) in [6, 6.07) is 7.69. The average Bonchev–Trinajstić information content (AvgIpc) is 2.70. The van der Waals surface area contributed by atoms with E-state index in [-0.39, 0.29) is 18.0 Å². The molecule has 92 valence electrons. The zero-order valence-corrected chi connectivity index (χ0v) is 10.9. The molecular formula is C13H17ClN2O. The van der Waals surface area contributed by atoms with E-state index in [1.165, 1.54) is 0 Å². The lowest BCUT2D eigenvalue weighted by Gasteiger charge is -2.25. The van der Waals surface area contributed by atoms with Crippen molar-refractivity contribution in [2.75, 3.05) is 13.6 Å². The molecule has 1 saturated heterocycles. The number of nitrogens with zero attached hydrogens (tertiary/aromatic N) is 1. The van der Waals surface area contributed by atoms with Crippen molar-refractivity contribution < 1.29 is 4.79 Å². The first kappa shape index (κ1) is 12.4. The van der Waals surface area contributed by atoms with Crippen LogP contribution in [0.25, 0.3) is 0 Å². The first-order valence-electron chi connectivity index (χ1n) is 5.87. The predicted octanol–water partition coefficient (Wildman–Crippen LogP) is 2.22. The maximum Gasteiger partial charge on any atom is 0.240 e. The highest BCUT2D eigenvalue weighted by molar-refractivity contribution is 6.31. The topological polar surface area (TPSA) is 32.3 Å². The monoisotopic (exact) mass is 252 g/mol. The van der Waals surface area contributed by atoms with Gasteiger partial charge in [0.15, 0.2) is 0 Å². The molecule has 0 aliphatic carbocycles. The Hall–Kier alpha value is -1.06. The summed E-state index contributed by atoms with van der Waals surface area (Å²) >= 11 is 6.16. The quantitative estimate of drug-likeness (QED) is 0.895. The maximum absolute atomic E-state index is 12.1. The Morgan fingerprint density at radius 2 is 2.18 bits per heavy atom. The van der Waals surface area contributed by atoms with Crippen molar-refractivity contribution in [3.63, 3.8) is 0 Å². The molecule has 17 heavy (non-hydrogen) atoms. The molecule has 4 heteroatoms. The molecule has 1 aromatic carbocycles. The number of carbonyl (C=O) groups excluding carboxylic acids is 1. The van der Waals surface area contributed by atoms with E-state index >= 15 is 0 Å². The summed E-state index contributed by atoms with van der Waals surface area (Å²) < 4.78 is 0. The first-order valence-corrected chi connectivity index (χ1v) is 6.25. The Bertz CT molecular complexity index is 422. The van der Waals surface area contributed by atoms with Gasteiger partial charge < -0.3 is 10.2 Å². The van der Waals surface area contributed by atoms with E-state index < -0.39 is 0 Å². The van der Waals surface area contributed by atoms with Crippen molar-refractivity contribution in [1.29, 1.82) is 0 Å². The number of likely N-dealkylation sites (tertiary alicyclic amines) is 1. The molecule has 1 amide bonds. The number of halogens is 1. The van der Waals surface area contributed by atoms with Crippen LogP contribution in [0.1, 0.15) is 24.9 Å². The van der Waals surface area contributed by atoms with E-state index in [4.69, 9.17) is 11.6 Å². The molecule has 1 N–H and O–H groups in total. The largest absolute Gasteiger partial charge is 0.334 e. The van der Waals surface area contributed by atoms with Crippen molar-refractivity contribution in [2.24, 2.45) is 0 Å². The third-order valence-corrected chi connectivity index (χ3v) is 3.76. The zero-order valence-electron chi connectivity index (χ0n) is 10.1. The smallest absolute Gasteiger partial charge is 0.240 e. The minimum absolute atomic E-state index is 0.0366. The summed E-state index contributed by atoms with van der Waals surface area (Å²) in [5.41, 5.74) is 1.01. The minimum atomic E-state index is -0.0417. The van der Waals surface area contributed by atoms with Crippen molar-refractivity contribution in [2.45, 2.75) is 25.4 Å². The second-order valence-corrected chi connectivity index (χ2v) is 4.77. The highest BCUT2D eigenvalue weighted by Gasteiger charge is 2.34. The summed E-state index contributed by atoms with van der Waals surface area (Å²) in [7, 11) is 1.83. The van der Waals surface area contributed by atoms with E-state index in [2.05, 4.69) is 5.32 Å². The summed E-state index contributed by atoms with van der Waals surface area (Å²) in [5, 5.41) is 3.76. The van der Waals surface area contributed by atoms with Crippen LogP contribution in [-0.2, 0) is 4.79 Å². The molecule has 0 saturated carbocycles. The van der Waals surface area contributed by atoms with Crippen molar-refractivity contribution in [1.82, 2.24) is 10.2 Å². The Morgan fingerprint density at radius 1 is 1.47 bits per heavy atom. The Morgan fingerprint density at radius 3 is 2.76 bits per heavy atom. The number of hydrogen-bond acceptors (Lipinski definition) is 2. The van der Waals surface area contributed by atoms with Crippen LogP contribution in [0.15, 0.2) is 24.3 Å². The normalized spacial score (nSPS) is 21.9. The Kier molecular flexibility index (Phi) is 3.69. The molecule has 1 heterocycles. The minimum Gasteiger partial charge on any atom is -0.334 e. The van der Waals surface area contributed by atoms with Crippen molar-refractivity contribution in [3.05, 3.63) is 34.9 Å². The SMILES string of the molecule is CNC1CCN(C(C)c2ccccc2Cl)C1=O. The van der Waals surface area contributed by atoms with Gasteiger partial charge in [0, 0.05) is 11.6 Å². The van der Waals surface area contributed by atoms with Gasteiger partial charge in [0.1, 0.15) is 0 Å². The number of rotatable bonds is 3. The van der Waals surface area contributed by atoms with E-state index in [1.54, 1.807) is 0 Å². The molecule has 0 spiro atoms. The van der Waals surface area contributed by atoms with Crippen LogP contribution in [0.5, 0.6) is 0 Å². The molecule has 0 radical (unpaired) electrons. The van der Waals surface area contributed by atoms with Crippen molar-refractivity contribution >= 4 is 17.5 Å². The highest BCUT2D eigenvalue weighted by Crippen LogP contribution is 2.30. The summed E-state index contributed by atoms with van der Waals surface area (Å²) in [5.74, 6) is 0.167. The van der Waals surface area contributed by atoms with Crippen LogP contribution in [0, 0.1) is 0 Å². The number of carbonyl (C=O) groups is 1. The number of amides is 1. The van der Waals surface area contributed by atoms with E-state index in [0.29, 0.717) is 0 Å². The van der Waals surface area contributed by atoms with Crippen molar-refractivity contribution in [3.8, 4) is 0 Å². The standard InChI is InChI=1S/C13H17ClN2O/c1-9(10-5-3-4-6-11(10)14)16-8-7-12(15-2)13(16)17/h3-6,9,12,15H,7-8H2,1-2H3. The Labute approximate surface area is 107 Å². The van der Waals surface area contributed by atoms with Crippen LogP contribution in [0.4, 0.5) is 0 Å². The third-order valence-electron chi connectivity index (χ3n) is 3.41. The van der Waals surface area contributed by atoms with Crippen LogP contribution in [0.3, 0.4) is 0 Å². The van der Waals surface area contributed by atoms with Gasteiger partial charge in [0.2, 0.25) is 5.91 Å². The fourth-order valence-corrected chi connectivity index (χ4v) is 2.63. The van der Waals surface area contributed by atoms with Gasteiger partial charge in [-0.05, 0) is 32.0 Å². The summed E-state index contributed by atoms with van der Waals surface area (Å²) in [4.78, 5) is 14.0. The van der Waals surface area contributed by atoms with Gasteiger partial charge in [-0.1, -0.05) is 29.8 Å². The molecule has 2 unspecified atom stereocenters. The lowest BCUT2D eigenvalue weighted by atomic mass is 10.1. The van der Waals surface area contributed by atoms with E-state index in [9.17, 15) is 4.79 Å². The molecule has 1 aliphatic rings. The molecule has 1 aliphatic heterocycles. The molecular weight excluding hydrogens is 236 g/mol. The lowest BCUT2D eigenvalue weighted by molar-refractivity contribution is -0.131. The van der Waals surface area contributed by atoms with Gasteiger partial charge in [-0.2, -0.15) is 0 Å². The zero-order chi connectivity index (χ0) is 12.4. The number of benzene rings is 1. The lowest BCUT2D eigenvalue weighted by Crippen LogP contribution is -2.37. The molecule has 1 aromatic rings. The second-order valence-electron chi connectivity index (χ2n) is 4.36. The summed E-state index contributed by atoms with van der Waals surface area (Å²) in [6.45, 7) is 2.81. The number of nitrogens with one attached hydrogen (secondary N) is 1. The van der Waals surface area contributed by atoms with Crippen LogP contribution < -0.4 is 5.32 Å². The van der Waals surface area contributed by atoms with Gasteiger partial charge in [0.05, 0.1) is 12.1 Å². The van der Waals surface area contributed by atoms with Gasteiger partial charge in [-0.15, -0.1) is 0 Å². The second kappa shape index (κ2) is 5.07. The molecule has 1 fully saturated rings. The number of likely N-dealkylation sites (N-methyl/N-ethyl adjacent to an activating group) is 1. The van der Waals surface area contributed by atoms with Crippen LogP contribution >= 0.6 is 11.6 Å². The van der Waals surface area contributed by atoms with E-state index in [0.717, 1.165) is 23.6 Å². The third kappa shape index (κ3) is 2.31. The van der Waals surface area contributed by atoms with Crippen LogP contribution in [-0.4, -0.2) is 30.4 Å². The van der Waals surface area contributed by atoms with Gasteiger partial charge in [0.25, 0.3) is 0 Å².